The van der Waals surface area contributed by atoms with E-state index in [1.165, 1.54) is 16.4 Å². The summed E-state index contributed by atoms with van der Waals surface area (Å²) in [6, 6.07) is 14.6. The predicted octanol–water partition coefficient (Wildman–Crippen LogP) is 3.66. The van der Waals surface area contributed by atoms with E-state index in [1.54, 1.807) is 23.1 Å². The third-order valence-corrected chi connectivity index (χ3v) is 6.47. The minimum Gasteiger partial charge on any atom is -0.378 e. The fourth-order valence-corrected chi connectivity index (χ4v) is 4.57. The van der Waals surface area contributed by atoms with Gasteiger partial charge >= 0.3 is 0 Å². The average Bonchev–Trinajstić information content (AvgIpc) is 3.14. The Bertz CT molecular complexity index is 1040. The molecule has 2 N–H and O–H groups in total. The molecule has 2 aromatic carbocycles. The van der Waals surface area contributed by atoms with Gasteiger partial charge < -0.3 is 15.5 Å². The number of nitrogens with zero attached hydrogens (tertiary/aromatic N) is 4. The maximum atomic E-state index is 13.3. The van der Waals surface area contributed by atoms with Crippen LogP contribution in [0.5, 0.6) is 0 Å². The summed E-state index contributed by atoms with van der Waals surface area (Å²) in [6.45, 7) is 2.17. The van der Waals surface area contributed by atoms with Crippen molar-refractivity contribution in [1.29, 1.82) is 0 Å². The van der Waals surface area contributed by atoms with E-state index in [0.717, 1.165) is 5.56 Å². The molecule has 0 unspecified atom stereocenters. The van der Waals surface area contributed by atoms with Crippen LogP contribution in [0, 0.1) is 0 Å². The Labute approximate surface area is 188 Å². The number of morpholine rings is 1. The maximum Gasteiger partial charge on any atom is 0.240 e. The van der Waals surface area contributed by atoms with Crippen LogP contribution < -0.4 is 5.84 Å². The summed E-state index contributed by atoms with van der Waals surface area (Å²) in [5.74, 6) is 6.64. The van der Waals surface area contributed by atoms with Crippen molar-refractivity contribution in [2.75, 3.05) is 32.1 Å². The second-order valence-corrected chi connectivity index (χ2v) is 8.56. The largest absolute Gasteiger partial charge is 0.378 e. The van der Waals surface area contributed by atoms with Gasteiger partial charge in [0, 0.05) is 23.7 Å². The summed E-state index contributed by atoms with van der Waals surface area (Å²) >= 11 is 13.6. The van der Waals surface area contributed by atoms with Crippen LogP contribution in [0.2, 0.25) is 10.0 Å². The third-order valence-electron chi connectivity index (χ3n) is 4.71. The average molecular weight is 464 g/mol. The number of ether oxygens (including phenoxy) is 1. The molecule has 4 rings (SSSR count). The molecule has 0 aliphatic carbocycles. The number of hydrogen-bond acceptors (Lipinski definition) is 6. The molecule has 10 heteroatoms. The zero-order valence-electron chi connectivity index (χ0n) is 15.9. The van der Waals surface area contributed by atoms with E-state index < -0.39 is 5.25 Å². The predicted molar refractivity (Wildman–Crippen MR) is 118 cm³/mol. The van der Waals surface area contributed by atoms with Gasteiger partial charge in [-0.15, -0.1) is 10.2 Å². The van der Waals surface area contributed by atoms with Crippen molar-refractivity contribution in [2.45, 2.75) is 10.4 Å². The molecule has 1 amide bonds. The molecule has 1 aliphatic heterocycles. The van der Waals surface area contributed by atoms with E-state index in [0.29, 0.717) is 52.9 Å². The molecule has 156 valence electrons. The van der Waals surface area contributed by atoms with E-state index in [9.17, 15) is 4.79 Å². The summed E-state index contributed by atoms with van der Waals surface area (Å²) in [5, 5.41) is 9.25. The Morgan fingerprint density at radius 1 is 1.10 bits per heavy atom. The molecule has 0 saturated carbocycles. The molecule has 1 aromatic heterocycles. The van der Waals surface area contributed by atoms with Crippen LogP contribution in [0.4, 0.5) is 0 Å². The number of nitrogens with two attached hydrogens (primary N) is 1. The lowest BCUT2D eigenvalue weighted by Crippen LogP contribution is -2.42. The van der Waals surface area contributed by atoms with Gasteiger partial charge in [-0.3, -0.25) is 4.79 Å². The number of carbonyl (C=O) groups is 1. The molecule has 0 spiro atoms. The third kappa shape index (κ3) is 4.41. The first-order valence-corrected chi connectivity index (χ1v) is 10.9. The van der Waals surface area contributed by atoms with Crippen LogP contribution in [0.25, 0.3) is 11.4 Å². The van der Waals surface area contributed by atoms with E-state index >= 15 is 0 Å². The molecule has 2 heterocycles. The Hall–Kier alpha value is -2.26. The molecule has 0 bridgehead atoms. The summed E-state index contributed by atoms with van der Waals surface area (Å²) < 4.78 is 6.71. The molecule has 0 radical (unpaired) electrons. The second kappa shape index (κ2) is 9.26. The Kier molecular flexibility index (Phi) is 6.48. The first kappa shape index (κ1) is 21.0. The van der Waals surface area contributed by atoms with Crippen molar-refractivity contribution >= 4 is 40.9 Å². The highest BCUT2D eigenvalue weighted by molar-refractivity contribution is 8.00. The normalized spacial score (nSPS) is 15.2. The SMILES string of the molecule is Nn1c(S[C@@H](C(=O)N2CCOCC2)c2ccccc2)nnc1-c1cc(Cl)ccc1Cl. The first-order chi connectivity index (χ1) is 14.5. The number of thioether (sulfide) groups is 1. The van der Waals surface area contributed by atoms with Gasteiger partial charge in [-0.25, -0.2) is 4.68 Å². The zero-order chi connectivity index (χ0) is 21.1. The minimum absolute atomic E-state index is 0.0140. The van der Waals surface area contributed by atoms with Gasteiger partial charge in [-0.1, -0.05) is 65.3 Å². The number of rotatable bonds is 5. The van der Waals surface area contributed by atoms with Crippen LogP contribution >= 0.6 is 35.0 Å². The van der Waals surface area contributed by atoms with Gasteiger partial charge in [-0.2, -0.15) is 0 Å². The van der Waals surface area contributed by atoms with Gasteiger partial charge in [-0.05, 0) is 23.8 Å². The van der Waals surface area contributed by atoms with Crippen molar-refractivity contribution in [3.63, 3.8) is 0 Å². The Morgan fingerprint density at radius 3 is 2.57 bits per heavy atom. The van der Waals surface area contributed by atoms with Crippen LogP contribution in [-0.4, -0.2) is 52.0 Å². The molecule has 3 aromatic rings. The standard InChI is InChI=1S/C20H19Cl2N5O2S/c21-14-6-7-16(22)15(12-14)18-24-25-20(27(18)23)30-17(13-4-2-1-3-5-13)19(28)26-8-10-29-11-9-26/h1-7,12,17H,8-11,23H2/t17-/m1/s1. The number of nitrogen functional groups attached to an aromatic ring is 1. The second-order valence-electron chi connectivity index (χ2n) is 6.65. The molecular weight excluding hydrogens is 445 g/mol. The molecule has 7 nitrogen and oxygen atoms in total. The molecular formula is C20H19Cl2N5O2S. The lowest BCUT2D eigenvalue weighted by atomic mass is 10.1. The number of carbonyl (C=O) groups excluding carboxylic acids is 1. The van der Waals surface area contributed by atoms with E-state index in [4.69, 9.17) is 33.8 Å². The van der Waals surface area contributed by atoms with E-state index in [-0.39, 0.29) is 5.91 Å². The van der Waals surface area contributed by atoms with Gasteiger partial charge in [0.15, 0.2) is 5.82 Å². The summed E-state index contributed by atoms with van der Waals surface area (Å²) in [6.07, 6.45) is 0. The van der Waals surface area contributed by atoms with Crippen LogP contribution in [0.1, 0.15) is 10.8 Å². The number of hydrogen-bond donors (Lipinski definition) is 1. The topological polar surface area (TPSA) is 86.3 Å². The fourth-order valence-electron chi connectivity index (χ4n) is 3.15. The van der Waals surface area contributed by atoms with Crippen molar-refractivity contribution in [2.24, 2.45) is 0 Å². The fraction of sp³-hybridized carbons (Fsp3) is 0.250. The van der Waals surface area contributed by atoms with Crippen LogP contribution in [0.15, 0.2) is 53.7 Å². The molecule has 1 atom stereocenters. The molecule has 1 saturated heterocycles. The Balaban J connectivity index is 1.66. The number of aromatic nitrogens is 3. The van der Waals surface area contributed by atoms with E-state index in [2.05, 4.69) is 10.2 Å². The lowest BCUT2D eigenvalue weighted by molar-refractivity contribution is -0.134. The number of amides is 1. The van der Waals surface area contributed by atoms with Gasteiger partial charge in [0.2, 0.25) is 11.1 Å². The van der Waals surface area contributed by atoms with Crippen molar-refractivity contribution in [1.82, 2.24) is 19.8 Å². The highest BCUT2D eigenvalue weighted by atomic mass is 35.5. The summed E-state index contributed by atoms with van der Waals surface area (Å²) in [7, 11) is 0. The smallest absolute Gasteiger partial charge is 0.240 e. The highest BCUT2D eigenvalue weighted by Gasteiger charge is 2.30. The van der Waals surface area contributed by atoms with Crippen molar-refractivity contribution in [3.8, 4) is 11.4 Å². The van der Waals surface area contributed by atoms with E-state index in [1.807, 2.05) is 30.3 Å². The molecule has 30 heavy (non-hydrogen) atoms. The minimum atomic E-state index is -0.515. The van der Waals surface area contributed by atoms with Gasteiger partial charge in [0.05, 0.1) is 18.2 Å². The molecule has 1 fully saturated rings. The van der Waals surface area contributed by atoms with Crippen molar-refractivity contribution < 1.29 is 9.53 Å². The van der Waals surface area contributed by atoms with Gasteiger partial charge in [0.25, 0.3) is 0 Å². The first-order valence-electron chi connectivity index (χ1n) is 9.28. The van der Waals surface area contributed by atoms with Crippen LogP contribution in [-0.2, 0) is 9.53 Å². The van der Waals surface area contributed by atoms with Crippen molar-refractivity contribution in [3.05, 3.63) is 64.1 Å². The number of benzene rings is 2. The monoisotopic (exact) mass is 463 g/mol. The van der Waals surface area contributed by atoms with Gasteiger partial charge in [0.1, 0.15) is 5.25 Å². The maximum absolute atomic E-state index is 13.3. The van der Waals surface area contributed by atoms with Crippen LogP contribution in [0.3, 0.4) is 0 Å². The quantitative estimate of drug-likeness (QED) is 0.458. The lowest BCUT2D eigenvalue weighted by Gasteiger charge is -2.30. The summed E-state index contributed by atoms with van der Waals surface area (Å²) in [4.78, 5) is 15.1. The zero-order valence-corrected chi connectivity index (χ0v) is 18.2. The summed E-state index contributed by atoms with van der Waals surface area (Å²) in [5.41, 5.74) is 1.44. The number of halogens is 2. The highest BCUT2D eigenvalue weighted by Crippen LogP contribution is 2.37. The Morgan fingerprint density at radius 2 is 1.83 bits per heavy atom. The molecule has 1 aliphatic rings.